The molecular formula is C27H26N2O5. The zero-order valence-electron chi connectivity index (χ0n) is 19.4. The fraction of sp³-hybridized carbons (Fsp3) is 0.222. The van der Waals surface area contributed by atoms with E-state index in [-0.39, 0.29) is 11.8 Å². The Bertz CT molecular complexity index is 1340. The van der Waals surface area contributed by atoms with Crippen molar-refractivity contribution in [3.05, 3.63) is 77.6 Å². The number of methoxy groups -OCH3 is 2. The Balaban J connectivity index is 1.52. The lowest BCUT2D eigenvalue weighted by molar-refractivity contribution is 0.0520. The summed E-state index contributed by atoms with van der Waals surface area (Å²) in [6.07, 6.45) is 0.836. The molecule has 0 aliphatic rings. The Morgan fingerprint density at radius 2 is 1.82 bits per heavy atom. The number of hydrogen-bond acceptors (Lipinski definition) is 6. The minimum atomic E-state index is -0.389. The molecule has 2 heterocycles. The number of Topliss-reactive ketones (excluding diaryl/α,β-unsaturated/α-hetero) is 1. The van der Waals surface area contributed by atoms with Gasteiger partial charge in [0.05, 0.1) is 26.5 Å². The molecule has 7 nitrogen and oxygen atoms in total. The Kier molecular flexibility index (Phi) is 6.92. The molecule has 0 atom stereocenters. The Morgan fingerprint density at radius 1 is 0.971 bits per heavy atom. The van der Waals surface area contributed by atoms with Gasteiger partial charge < -0.3 is 19.2 Å². The van der Waals surface area contributed by atoms with Gasteiger partial charge in [-0.1, -0.05) is 18.2 Å². The molecule has 1 N–H and O–H groups in total. The number of rotatable bonds is 9. The molecule has 0 unspecified atom stereocenters. The monoisotopic (exact) mass is 458 g/mol. The zero-order chi connectivity index (χ0) is 24.1. The molecule has 4 aromatic rings. The summed E-state index contributed by atoms with van der Waals surface area (Å²) in [5.41, 5.74) is 4.11. The number of carbonyl (C=O) groups is 2. The predicted octanol–water partition coefficient (Wildman–Crippen LogP) is 5.24. The number of carbonyl (C=O) groups excluding carboxylic acids is 2. The van der Waals surface area contributed by atoms with Gasteiger partial charge in [-0.25, -0.2) is 9.78 Å². The van der Waals surface area contributed by atoms with E-state index in [0.717, 1.165) is 22.0 Å². The molecule has 7 heteroatoms. The number of aromatic nitrogens is 2. The van der Waals surface area contributed by atoms with E-state index < -0.39 is 0 Å². The van der Waals surface area contributed by atoms with Crippen molar-refractivity contribution >= 4 is 22.7 Å². The SMILES string of the molecule is CCOC(=O)c1cc2cc(-c3cccc(C(=O)CCc4ccc(OC)cc4OC)n3)ccc2[nH]1. The lowest BCUT2D eigenvalue weighted by Crippen LogP contribution is -2.05. The van der Waals surface area contributed by atoms with Crippen molar-refractivity contribution in [2.45, 2.75) is 19.8 Å². The highest BCUT2D eigenvalue weighted by atomic mass is 16.5. The normalized spacial score (nSPS) is 10.8. The fourth-order valence-corrected chi connectivity index (χ4v) is 3.80. The number of benzene rings is 2. The van der Waals surface area contributed by atoms with E-state index in [0.29, 0.717) is 48.0 Å². The van der Waals surface area contributed by atoms with Crippen molar-refractivity contribution in [3.8, 4) is 22.8 Å². The maximum atomic E-state index is 12.9. The standard InChI is InChI=1S/C27H26N2O5/c1-4-34-27(31)24-15-19-14-18(9-12-22(19)29-24)21-6-5-7-23(28-21)25(30)13-10-17-8-11-20(32-2)16-26(17)33-3/h5-9,11-12,14-16,29H,4,10,13H2,1-3H3. The highest BCUT2D eigenvalue weighted by Gasteiger charge is 2.14. The van der Waals surface area contributed by atoms with Gasteiger partial charge in [0, 0.05) is 29.0 Å². The summed E-state index contributed by atoms with van der Waals surface area (Å²) < 4.78 is 15.7. The number of ether oxygens (including phenoxy) is 3. The molecule has 0 saturated carbocycles. The van der Waals surface area contributed by atoms with Crippen LogP contribution in [0.5, 0.6) is 11.5 Å². The second-order valence-corrected chi connectivity index (χ2v) is 7.71. The summed E-state index contributed by atoms with van der Waals surface area (Å²) in [6.45, 7) is 2.08. The molecule has 4 rings (SSSR count). The lowest BCUT2D eigenvalue weighted by Gasteiger charge is -2.10. The molecule has 0 bridgehead atoms. The number of pyridine rings is 1. The Hall–Kier alpha value is -4.13. The van der Waals surface area contributed by atoms with E-state index >= 15 is 0 Å². The first kappa shape index (κ1) is 23.0. The van der Waals surface area contributed by atoms with Gasteiger partial charge in [-0.2, -0.15) is 0 Å². The molecule has 34 heavy (non-hydrogen) atoms. The van der Waals surface area contributed by atoms with Crippen molar-refractivity contribution in [2.75, 3.05) is 20.8 Å². The van der Waals surface area contributed by atoms with Gasteiger partial charge >= 0.3 is 5.97 Å². The molecule has 0 aliphatic carbocycles. The van der Waals surface area contributed by atoms with Crippen LogP contribution in [0.2, 0.25) is 0 Å². The Morgan fingerprint density at radius 3 is 2.59 bits per heavy atom. The van der Waals surface area contributed by atoms with Crippen LogP contribution in [0, 0.1) is 0 Å². The largest absolute Gasteiger partial charge is 0.497 e. The fourth-order valence-electron chi connectivity index (χ4n) is 3.80. The summed E-state index contributed by atoms with van der Waals surface area (Å²) in [4.78, 5) is 32.6. The topological polar surface area (TPSA) is 90.5 Å². The smallest absolute Gasteiger partial charge is 0.354 e. The molecule has 2 aromatic heterocycles. The van der Waals surface area contributed by atoms with Crippen molar-refractivity contribution in [2.24, 2.45) is 0 Å². The molecule has 0 amide bonds. The molecule has 0 saturated heterocycles. The van der Waals surface area contributed by atoms with E-state index in [1.165, 1.54) is 0 Å². The van der Waals surface area contributed by atoms with E-state index in [2.05, 4.69) is 9.97 Å². The van der Waals surface area contributed by atoms with Crippen LogP contribution in [0.15, 0.2) is 60.7 Å². The van der Waals surface area contributed by atoms with Crippen LogP contribution < -0.4 is 9.47 Å². The molecule has 0 radical (unpaired) electrons. The maximum Gasteiger partial charge on any atom is 0.354 e. The predicted molar refractivity (Wildman–Crippen MR) is 130 cm³/mol. The summed E-state index contributed by atoms with van der Waals surface area (Å²) in [6, 6.07) is 18.5. The number of nitrogens with one attached hydrogen (secondary N) is 1. The molecule has 0 aliphatic heterocycles. The second kappa shape index (κ2) is 10.2. The lowest BCUT2D eigenvalue weighted by atomic mass is 10.0. The summed E-state index contributed by atoms with van der Waals surface area (Å²) in [5.74, 6) is 0.956. The van der Waals surface area contributed by atoms with Crippen LogP contribution >= 0.6 is 0 Å². The van der Waals surface area contributed by atoms with Gasteiger partial charge in [0.25, 0.3) is 0 Å². The number of esters is 1. The maximum absolute atomic E-state index is 12.9. The quantitative estimate of drug-likeness (QED) is 0.273. The third-order valence-electron chi connectivity index (χ3n) is 5.56. The third-order valence-corrected chi connectivity index (χ3v) is 5.56. The molecular weight excluding hydrogens is 432 g/mol. The van der Waals surface area contributed by atoms with Crippen LogP contribution in [-0.4, -0.2) is 42.5 Å². The summed E-state index contributed by atoms with van der Waals surface area (Å²) >= 11 is 0. The van der Waals surface area contributed by atoms with Gasteiger partial charge in [0.2, 0.25) is 0 Å². The summed E-state index contributed by atoms with van der Waals surface area (Å²) in [5, 5.41) is 0.866. The number of fused-ring (bicyclic) bond motifs is 1. The molecule has 0 fully saturated rings. The first-order valence-corrected chi connectivity index (χ1v) is 11.0. The van der Waals surface area contributed by atoms with Crippen LogP contribution in [0.3, 0.4) is 0 Å². The van der Waals surface area contributed by atoms with E-state index in [9.17, 15) is 9.59 Å². The average molecular weight is 459 g/mol. The second-order valence-electron chi connectivity index (χ2n) is 7.71. The third kappa shape index (κ3) is 4.93. The number of hydrogen-bond donors (Lipinski definition) is 1. The molecule has 0 spiro atoms. The van der Waals surface area contributed by atoms with Crippen LogP contribution in [0.4, 0.5) is 0 Å². The number of aromatic amines is 1. The Labute approximate surface area is 197 Å². The van der Waals surface area contributed by atoms with Gasteiger partial charge in [0.1, 0.15) is 22.9 Å². The van der Waals surface area contributed by atoms with Gasteiger partial charge in [-0.15, -0.1) is 0 Å². The van der Waals surface area contributed by atoms with Crippen LogP contribution in [-0.2, 0) is 11.2 Å². The number of aryl methyl sites for hydroxylation is 1. The average Bonchev–Trinajstić information content (AvgIpc) is 3.31. The minimum absolute atomic E-state index is 0.0490. The van der Waals surface area contributed by atoms with Crippen molar-refractivity contribution < 1.29 is 23.8 Å². The number of nitrogens with zero attached hydrogens (tertiary/aromatic N) is 1. The highest BCUT2D eigenvalue weighted by molar-refractivity contribution is 5.97. The van der Waals surface area contributed by atoms with Gasteiger partial charge in [-0.05, 0) is 55.3 Å². The van der Waals surface area contributed by atoms with Gasteiger partial charge in [0.15, 0.2) is 5.78 Å². The molecule has 2 aromatic carbocycles. The molecule has 174 valence electrons. The first-order chi connectivity index (χ1) is 16.5. The van der Waals surface area contributed by atoms with E-state index in [1.54, 1.807) is 33.3 Å². The van der Waals surface area contributed by atoms with Crippen LogP contribution in [0.1, 0.15) is 39.9 Å². The minimum Gasteiger partial charge on any atom is -0.497 e. The van der Waals surface area contributed by atoms with Crippen molar-refractivity contribution in [1.82, 2.24) is 9.97 Å². The first-order valence-electron chi connectivity index (χ1n) is 11.0. The van der Waals surface area contributed by atoms with Crippen molar-refractivity contribution in [1.29, 1.82) is 0 Å². The van der Waals surface area contributed by atoms with E-state index in [1.807, 2.05) is 48.5 Å². The van der Waals surface area contributed by atoms with E-state index in [4.69, 9.17) is 14.2 Å². The number of ketones is 1. The zero-order valence-corrected chi connectivity index (χ0v) is 19.4. The number of H-pyrrole nitrogens is 1. The summed E-state index contributed by atoms with van der Waals surface area (Å²) in [7, 11) is 3.20. The highest BCUT2D eigenvalue weighted by Crippen LogP contribution is 2.27. The van der Waals surface area contributed by atoms with Crippen molar-refractivity contribution in [3.63, 3.8) is 0 Å². The van der Waals surface area contributed by atoms with Gasteiger partial charge in [-0.3, -0.25) is 4.79 Å². The van der Waals surface area contributed by atoms with Crippen LogP contribution in [0.25, 0.3) is 22.2 Å².